The summed E-state index contributed by atoms with van der Waals surface area (Å²) in [5.41, 5.74) is 1.25. The predicted molar refractivity (Wildman–Crippen MR) is 289 cm³/mol. The molecule has 0 spiro atoms. The number of rotatable bonds is 22. The number of ether oxygens (including phenoxy) is 2. The van der Waals surface area contributed by atoms with Crippen molar-refractivity contribution in [3.63, 3.8) is 0 Å². The van der Waals surface area contributed by atoms with Gasteiger partial charge in [0, 0.05) is 18.2 Å². The van der Waals surface area contributed by atoms with Crippen LogP contribution in [0.2, 0.25) is 0 Å². The summed E-state index contributed by atoms with van der Waals surface area (Å²) in [6, 6.07) is 9.06. The zero-order valence-electron chi connectivity index (χ0n) is 43.6. The zero-order chi connectivity index (χ0) is 63.0. The average molecular weight is 1270 g/mol. The number of hydrogen-bond acceptors (Lipinski definition) is 27. The topological polar surface area (TPSA) is 555 Å². The highest BCUT2D eigenvalue weighted by molar-refractivity contribution is 7.87. The van der Waals surface area contributed by atoms with Gasteiger partial charge in [0.15, 0.2) is 17.2 Å². The highest BCUT2D eigenvalue weighted by Gasteiger charge is 2.30. The minimum Gasteiger partial charge on any atom is -0.505 e. The Balaban J connectivity index is 0.000000309. The van der Waals surface area contributed by atoms with Crippen molar-refractivity contribution in [3.8, 4) is 28.9 Å². The van der Waals surface area contributed by atoms with E-state index in [4.69, 9.17) is 20.3 Å². The summed E-state index contributed by atoms with van der Waals surface area (Å²) in [6.45, 7) is 5.60. The molecule has 6 aromatic rings. The molecule has 0 aliphatic heterocycles. The number of aliphatic hydroxyl groups is 2. The van der Waals surface area contributed by atoms with Gasteiger partial charge in [-0.25, -0.2) is 0 Å². The minimum absolute atomic E-state index is 0.00311. The van der Waals surface area contributed by atoms with Crippen LogP contribution in [0.4, 0.5) is 39.8 Å². The van der Waals surface area contributed by atoms with Gasteiger partial charge in [-0.3, -0.25) is 36.9 Å². The van der Waals surface area contributed by atoms with Crippen molar-refractivity contribution in [2.24, 2.45) is 46.6 Å². The molecule has 0 bridgehead atoms. The lowest BCUT2D eigenvalue weighted by Gasteiger charge is -2.14. The van der Waals surface area contributed by atoms with E-state index in [-0.39, 0.29) is 79.1 Å². The van der Waals surface area contributed by atoms with Gasteiger partial charge in [-0.05, 0) is 92.7 Å². The maximum absolute atomic E-state index is 12.8. The van der Waals surface area contributed by atoms with Crippen LogP contribution in [-0.4, -0.2) is 134 Å². The van der Waals surface area contributed by atoms with Crippen LogP contribution >= 0.6 is 0 Å². The van der Waals surface area contributed by atoms with E-state index in [1.165, 1.54) is 32.0 Å². The van der Waals surface area contributed by atoms with E-state index in [0.29, 0.717) is 42.5 Å². The fourth-order valence-corrected chi connectivity index (χ4v) is 10.4. The Bertz CT molecular complexity index is 4380. The summed E-state index contributed by atoms with van der Waals surface area (Å²) in [5, 5.41) is 78.3. The molecule has 6 rings (SSSR count). The van der Waals surface area contributed by atoms with Crippen LogP contribution in [0.1, 0.15) is 42.3 Å². The van der Waals surface area contributed by atoms with E-state index in [9.17, 15) is 94.9 Å². The molecule has 0 atom stereocenters. The third-order valence-electron chi connectivity index (χ3n) is 11.1. The third-order valence-corrected chi connectivity index (χ3v) is 15.4. The maximum atomic E-state index is 12.8. The number of aryl methyl sites for hydroxylation is 1. The van der Waals surface area contributed by atoms with Crippen LogP contribution in [0.15, 0.2) is 131 Å². The van der Waals surface area contributed by atoms with Crippen LogP contribution in [0.3, 0.4) is 0 Å². The number of amides is 1. The van der Waals surface area contributed by atoms with Crippen LogP contribution in [-0.2, 0) is 63.6 Å². The molecule has 452 valence electrons. The molecular formula is C45H48N10O24S5. The normalized spacial score (nSPS) is 12.7. The van der Waals surface area contributed by atoms with Gasteiger partial charge in [0.05, 0.1) is 35.7 Å². The van der Waals surface area contributed by atoms with Crippen molar-refractivity contribution < 1.29 is 105 Å². The van der Waals surface area contributed by atoms with Crippen molar-refractivity contribution in [1.29, 1.82) is 0 Å². The minimum atomic E-state index is -5.36. The highest BCUT2D eigenvalue weighted by Crippen LogP contribution is 2.50. The molecule has 0 unspecified atom stereocenters. The summed E-state index contributed by atoms with van der Waals surface area (Å²) in [6.07, 6.45) is 0.538. The van der Waals surface area contributed by atoms with E-state index in [0.717, 1.165) is 16.2 Å². The molecule has 0 fully saturated rings. The number of hydrogen-bond donors (Lipinski definition) is 11. The summed E-state index contributed by atoms with van der Waals surface area (Å²) >= 11 is 0. The predicted octanol–water partition coefficient (Wildman–Crippen LogP) is 6.12. The van der Waals surface area contributed by atoms with E-state index in [2.05, 4.69) is 40.9 Å². The van der Waals surface area contributed by atoms with Gasteiger partial charge in [-0.2, -0.15) is 57.4 Å². The number of nitrogens with zero attached hydrogens (tertiary/aromatic N) is 9. The number of aliphatic hydroxyl groups excluding tert-OH is 2. The van der Waals surface area contributed by atoms with Gasteiger partial charge in [-0.15, -0.1) is 25.6 Å². The van der Waals surface area contributed by atoms with Gasteiger partial charge in [0.1, 0.15) is 78.3 Å². The largest absolute Gasteiger partial charge is 0.505 e. The summed E-state index contributed by atoms with van der Waals surface area (Å²) in [7, 11) is -25.5. The quantitative estimate of drug-likeness (QED) is 0.0269. The van der Waals surface area contributed by atoms with Crippen molar-refractivity contribution in [1.82, 2.24) is 4.57 Å². The Morgan fingerprint density at radius 2 is 1.10 bits per heavy atom. The number of phenols is 2. The molecule has 12 N–H and O–H groups in total. The van der Waals surface area contributed by atoms with E-state index in [1.54, 1.807) is 13.0 Å². The number of carbonyl (C=O) groups excluding carboxylic acids is 1. The molecular weight excluding hydrogens is 1220 g/mol. The zero-order valence-corrected chi connectivity index (χ0v) is 47.6. The molecule has 5 aromatic carbocycles. The Hall–Kier alpha value is -8.35. The summed E-state index contributed by atoms with van der Waals surface area (Å²) in [4.78, 5) is 19.7. The first-order valence-electron chi connectivity index (χ1n) is 23.3. The first-order valence-corrected chi connectivity index (χ1v) is 30.5. The SMILES string of the molecule is CCN=Nc1c(S(=O)(=O)O)cc2cc(S(=O)(=O)O)c(N=Nc3cc(S(=O)(=O)O)ccc3S(=O)(=O)O)c(O)c2c1O.CCc1cc(OCCO)c(N=Nc2ccc(N=Nc3c(C)c(C(N)=O)c(O)n(CC)c3=O)cc2S(=O)(=O)O)cc1OCCO. The lowest BCUT2D eigenvalue weighted by Crippen LogP contribution is -2.25. The molecule has 84 heavy (non-hydrogen) atoms. The van der Waals surface area contributed by atoms with Gasteiger partial charge in [0.25, 0.3) is 62.1 Å². The van der Waals surface area contributed by atoms with Crippen LogP contribution in [0, 0.1) is 6.92 Å². The lowest BCUT2D eigenvalue weighted by molar-refractivity contribution is 0.0995. The number of azo groups is 4. The molecule has 0 saturated carbocycles. The van der Waals surface area contributed by atoms with E-state index in [1.807, 2.05) is 6.92 Å². The lowest BCUT2D eigenvalue weighted by atomic mass is 10.1. The smallest absolute Gasteiger partial charge is 0.296 e. The number of aromatic nitrogens is 1. The molecule has 1 heterocycles. The molecule has 0 saturated heterocycles. The standard InChI is InChI=1S/C27H32N6O10S.C18H16N4O14S4/c1-4-16-12-21(43-11-9-35)19(14-20(16)42-10-8-34)31-30-18-7-6-17(13-22(18)44(39,40)41)29-32-24-15(3)23(25(28)36)26(37)33(5-2)27(24)38;1-2-19-21-15-12(39(31,32)33)5-8-6-13(40(34,35)36)16(18(24)14(8)17(15)23)22-20-10-7-9(37(25,26)27)3-4-11(10)38(28,29)30/h6-7,12-14,34-35,37H,4-5,8-11H2,1-3H3,(H2,28,36)(H,39,40,41);3-7,23-24H,2H2,1H3,(H,25,26,27)(H,28,29,30)(H,31,32,33)(H,34,35,36). The second kappa shape index (κ2) is 26.5. The van der Waals surface area contributed by atoms with Gasteiger partial charge in [-0.1, -0.05) is 6.92 Å². The van der Waals surface area contributed by atoms with Crippen LogP contribution < -0.4 is 20.8 Å². The van der Waals surface area contributed by atoms with Gasteiger partial charge < -0.3 is 40.7 Å². The molecule has 0 aliphatic rings. The van der Waals surface area contributed by atoms with Crippen molar-refractivity contribution in [3.05, 3.63) is 87.7 Å². The number of phenolic OH excluding ortho intramolecular Hbond substituents is 2. The molecule has 0 aliphatic carbocycles. The Morgan fingerprint density at radius 1 is 0.571 bits per heavy atom. The van der Waals surface area contributed by atoms with Crippen molar-refractivity contribution in [2.45, 2.75) is 65.1 Å². The van der Waals surface area contributed by atoms with E-state index >= 15 is 0 Å². The number of primary amides is 1. The molecule has 34 nitrogen and oxygen atoms in total. The maximum Gasteiger partial charge on any atom is 0.296 e. The van der Waals surface area contributed by atoms with Crippen molar-refractivity contribution >= 4 is 107 Å². The number of fused-ring (bicyclic) bond motifs is 1. The second-order valence-electron chi connectivity index (χ2n) is 16.6. The number of nitrogens with two attached hydrogens (primary N) is 1. The molecule has 0 radical (unpaired) electrons. The van der Waals surface area contributed by atoms with Gasteiger partial charge in [0.2, 0.25) is 5.88 Å². The highest BCUT2D eigenvalue weighted by atomic mass is 32.2. The average Bonchev–Trinajstić information content (AvgIpc) is 0.990. The first-order chi connectivity index (χ1) is 39.0. The number of pyridine rings is 1. The Morgan fingerprint density at radius 3 is 1.60 bits per heavy atom. The van der Waals surface area contributed by atoms with Crippen LogP contribution in [0.25, 0.3) is 10.8 Å². The number of benzene rings is 5. The fourth-order valence-electron chi connectivity index (χ4n) is 7.33. The molecule has 1 amide bonds. The Labute approximate surface area is 475 Å². The fraction of sp³-hybridized carbons (Fsp3) is 0.244. The number of aromatic hydroxyl groups is 3. The number of carbonyl (C=O) groups is 1. The monoisotopic (exact) mass is 1270 g/mol. The second-order valence-corrected chi connectivity index (χ2v) is 23.5. The summed E-state index contributed by atoms with van der Waals surface area (Å²) < 4.78 is 179. The van der Waals surface area contributed by atoms with E-state index < -0.39 is 132 Å². The molecule has 39 heteroatoms. The molecule has 1 aromatic heterocycles. The summed E-state index contributed by atoms with van der Waals surface area (Å²) in [5.74, 6) is -3.49. The van der Waals surface area contributed by atoms with Crippen LogP contribution in [0.5, 0.6) is 28.9 Å². The third kappa shape index (κ3) is 15.4. The van der Waals surface area contributed by atoms with Gasteiger partial charge >= 0.3 is 0 Å². The van der Waals surface area contributed by atoms with Crippen molar-refractivity contribution in [2.75, 3.05) is 33.0 Å². The first kappa shape index (κ1) is 66.5. The Kier molecular flexibility index (Phi) is 21.0.